The predicted octanol–water partition coefficient (Wildman–Crippen LogP) is 3.82. The van der Waals surface area contributed by atoms with Crippen molar-refractivity contribution in [3.8, 4) is 5.75 Å². The first-order valence-corrected chi connectivity index (χ1v) is 12.4. The molecule has 3 aromatic rings. The molecule has 1 heterocycles. The maximum Gasteiger partial charge on any atom is 0.339 e. The molecule has 0 radical (unpaired) electrons. The van der Waals surface area contributed by atoms with Crippen LogP contribution in [0.1, 0.15) is 16.1 Å². The molecule has 0 spiro atoms. The van der Waals surface area contributed by atoms with Gasteiger partial charge >= 0.3 is 10.1 Å². The van der Waals surface area contributed by atoms with Crippen molar-refractivity contribution in [1.82, 2.24) is 15.6 Å². The van der Waals surface area contributed by atoms with E-state index >= 15 is 0 Å². The number of thioether (sulfide) groups is 1. The van der Waals surface area contributed by atoms with Gasteiger partial charge in [-0.3, -0.25) is 4.79 Å². The number of carbonyl (C=O) groups is 1. The highest BCUT2D eigenvalue weighted by molar-refractivity contribution is 8.01. The molecule has 3 rings (SSSR count). The molecular formula is C19H17ClN4O4S3. The average molecular weight is 497 g/mol. The van der Waals surface area contributed by atoms with Crippen LogP contribution >= 0.6 is 34.7 Å². The van der Waals surface area contributed by atoms with Crippen LogP contribution < -0.4 is 9.61 Å². The fourth-order valence-corrected chi connectivity index (χ4v) is 4.98. The van der Waals surface area contributed by atoms with Gasteiger partial charge in [-0.15, -0.1) is 10.2 Å². The van der Waals surface area contributed by atoms with Crippen LogP contribution in [0.15, 0.2) is 56.8 Å². The van der Waals surface area contributed by atoms with Crippen LogP contribution in [0.3, 0.4) is 0 Å². The lowest BCUT2D eigenvalue weighted by atomic mass is 10.2. The summed E-state index contributed by atoms with van der Waals surface area (Å²) in [6, 6.07) is 10.7. The number of amides is 1. The Morgan fingerprint density at radius 2 is 1.97 bits per heavy atom. The molecule has 8 nitrogen and oxygen atoms in total. The van der Waals surface area contributed by atoms with Gasteiger partial charge in [0, 0.05) is 10.6 Å². The van der Waals surface area contributed by atoms with E-state index in [1.807, 2.05) is 13.8 Å². The second-order valence-electron chi connectivity index (χ2n) is 6.20. The molecular weight excluding hydrogens is 480 g/mol. The van der Waals surface area contributed by atoms with E-state index in [1.54, 1.807) is 12.1 Å². The Labute approximate surface area is 192 Å². The first kappa shape index (κ1) is 23.2. The molecule has 0 aliphatic carbocycles. The molecule has 12 heteroatoms. The van der Waals surface area contributed by atoms with Crippen LogP contribution in [-0.4, -0.2) is 36.5 Å². The zero-order valence-electron chi connectivity index (χ0n) is 16.4. The molecule has 0 saturated carbocycles. The fraction of sp³-hybridized carbons (Fsp3) is 0.158. The highest BCUT2D eigenvalue weighted by Crippen LogP contribution is 2.25. The van der Waals surface area contributed by atoms with Crippen molar-refractivity contribution < 1.29 is 17.4 Å². The third kappa shape index (κ3) is 6.76. The number of nitrogens with zero attached hydrogens (tertiary/aromatic N) is 3. The number of hydrogen-bond acceptors (Lipinski definition) is 9. The number of hydrogen-bond donors (Lipinski definition) is 1. The van der Waals surface area contributed by atoms with Crippen LogP contribution in [0.2, 0.25) is 5.02 Å². The van der Waals surface area contributed by atoms with Crippen molar-refractivity contribution in [1.29, 1.82) is 0 Å². The van der Waals surface area contributed by atoms with Gasteiger partial charge in [0.2, 0.25) is 0 Å². The molecule has 0 aliphatic heterocycles. The van der Waals surface area contributed by atoms with Crippen molar-refractivity contribution in [3.05, 3.63) is 63.6 Å². The Hall–Kier alpha value is -2.47. The van der Waals surface area contributed by atoms with Gasteiger partial charge in [0.15, 0.2) is 10.1 Å². The Kier molecular flexibility index (Phi) is 7.65. The number of hydrazone groups is 1. The van der Waals surface area contributed by atoms with Gasteiger partial charge < -0.3 is 4.18 Å². The zero-order valence-corrected chi connectivity index (χ0v) is 19.6. The van der Waals surface area contributed by atoms with E-state index in [1.165, 1.54) is 59.6 Å². The smallest absolute Gasteiger partial charge is 0.339 e. The van der Waals surface area contributed by atoms with E-state index in [0.717, 1.165) is 10.6 Å². The monoisotopic (exact) mass is 496 g/mol. The second kappa shape index (κ2) is 10.2. The van der Waals surface area contributed by atoms with Crippen LogP contribution in [0.25, 0.3) is 0 Å². The number of benzene rings is 2. The molecule has 0 saturated heterocycles. The van der Waals surface area contributed by atoms with Crippen molar-refractivity contribution in [3.63, 3.8) is 0 Å². The van der Waals surface area contributed by atoms with Gasteiger partial charge in [0.1, 0.15) is 9.90 Å². The summed E-state index contributed by atoms with van der Waals surface area (Å²) < 4.78 is 31.1. The summed E-state index contributed by atoms with van der Waals surface area (Å²) in [6.07, 6.45) is 1.27. The number of halogens is 1. The molecule has 31 heavy (non-hydrogen) atoms. The molecule has 162 valence electrons. The van der Waals surface area contributed by atoms with Crippen molar-refractivity contribution in [2.45, 2.75) is 23.1 Å². The number of nitrogens with one attached hydrogen (secondary N) is 1. The number of carbonyl (C=O) groups excluding carboxylic acids is 1. The summed E-state index contributed by atoms with van der Waals surface area (Å²) in [4.78, 5) is 12.0. The Bertz CT molecular complexity index is 1210. The van der Waals surface area contributed by atoms with Gasteiger partial charge in [-0.25, -0.2) is 5.43 Å². The van der Waals surface area contributed by atoms with Gasteiger partial charge in [-0.1, -0.05) is 52.4 Å². The minimum absolute atomic E-state index is 0.0215. The minimum Gasteiger partial charge on any atom is -0.378 e. The zero-order chi connectivity index (χ0) is 22.4. The summed E-state index contributed by atoms with van der Waals surface area (Å²) in [7, 11) is -4.05. The van der Waals surface area contributed by atoms with Gasteiger partial charge in [0.25, 0.3) is 5.91 Å². The molecule has 0 unspecified atom stereocenters. The third-order valence-corrected chi connectivity index (χ3v) is 7.16. The first-order valence-electron chi connectivity index (χ1n) is 8.78. The van der Waals surface area contributed by atoms with E-state index in [0.29, 0.717) is 9.36 Å². The summed E-state index contributed by atoms with van der Waals surface area (Å²) in [6.45, 7) is 3.68. The highest BCUT2D eigenvalue weighted by atomic mass is 35.5. The summed E-state index contributed by atoms with van der Waals surface area (Å²) >= 11 is 8.65. The van der Waals surface area contributed by atoms with E-state index in [2.05, 4.69) is 20.7 Å². The average Bonchev–Trinajstić information content (AvgIpc) is 3.14. The Balaban J connectivity index is 1.67. The van der Waals surface area contributed by atoms with Crippen LogP contribution in [0, 0.1) is 13.8 Å². The second-order valence-corrected chi connectivity index (χ2v) is 10.6. The van der Waals surface area contributed by atoms with Crippen molar-refractivity contribution in [2.24, 2.45) is 5.10 Å². The van der Waals surface area contributed by atoms with E-state index in [-0.39, 0.29) is 27.9 Å². The normalized spacial score (nSPS) is 11.6. The number of rotatable bonds is 8. The Morgan fingerprint density at radius 1 is 1.23 bits per heavy atom. The number of aryl methyl sites for hydroxylation is 2. The van der Waals surface area contributed by atoms with Crippen molar-refractivity contribution >= 4 is 56.9 Å². The number of aromatic nitrogens is 2. The molecule has 1 aromatic heterocycles. The van der Waals surface area contributed by atoms with E-state index < -0.39 is 10.1 Å². The van der Waals surface area contributed by atoms with Crippen LogP contribution in [0.5, 0.6) is 5.75 Å². The summed E-state index contributed by atoms with van der Waals surface area (Å²) in [5.41, 5.74) is 3.59. The molecule has 0 bridgehead atoms. The molecule has 0 atom stereocenters. The molecule has 0 fully saturated rings. The van der Waals surface area contributed by atoms with Gasteiger partial charge in [-0.05, 0) is 44.2 Å². The maximum absolute atomic E-state index is 12.6. The van der Waals surface area contributed by atoms with Gasteiger partial charge in [-0.2, -0.15) is 13.5 Å². The highest BCUT2D eigenvalue weighted by Gasteiger charge is 2.18. The van der Waals surface area contributed by atoms with E-state index in [9.17, 15) is 13.2 Å². The van der Waals surface area contributed by atoms with E-state index in [4.69, 9.17) is 15.8 Å². The standard InChI is InChI=1S/C19H17ClN4O4S3/c1-12-3-6-16(7-4-12)31(26,27)28-17-8-5-15(20)9-14(17)10-21-23-18(25)11-29-19-24-22-13(2)30-19/h3-10H,11H2,1-2H3,(H,23,25). The topological polar surface area (TPSA) is 111 Å². The largest absolute Gasteiger partial charge is 0.378 e. The first-order chi connectivity index (χ1) is 14.7. The quantitative estimate of drug-likeness (QED) is 0.218. The Morgan fingerprint density at radius 3 is 2.65 bits per heavy atom. The minimum atomic E-state index is -4.05. The lowest BCUT2D eigenvalue weighted by molar-refractivity contribution is -0.118. The predicted molar refractivity (Wildman–Crippen MR) is 122 cm³/mol. The molecule has 0 aliphatic rings. The SMILES string of the molecule is Cc1ccc(S(=O)(=O)Oc2ccc(Cl)cc2C=NNC(=O)CSc2nnc(C)s2)cc1. The fourth-order valence-electron chi connectivity index (χ4n) is 2.24. The lowest BCUT2D eigenvalue weighted by Gasteiger charge is -2.10. The third-order valence-electron chi connectivity index (χ3n) is 3.71. The molecule has 2 aromatic carbocycles. The van der Waals surface area contributed by atoms with Gasteiger partial charge in [0.05, 0.1) is 12.0 Å². The maximum atomic E-state index is 12.6. The molecule has 1 N–H and O–H groups in total. The van der Waals surface area contributed by atoms with Crippen LogP contribution in [0.4, 0.5) is 0 Å². The lowest BCUT2D eigenvalue weighted by Crippen LogP contribution is -2.19. The summed E-state index contributed by atoms with van der Waals surface area (Å²) in [5.74, 6) is -0.222. The molecule has 1 amide bonds. The van der Waals surface area contributed by atoms with Crippen molar-refractivity contribution in [2.75, 3.05) is 5.75 Å². The van der Waals surface area contributed by atoms with Crippen LogP contribution in [-0.2, 0) is 14.9 Å². The summed E-state index contributed by atoms with van der Waals surface area (Å²) in [5, 5.41) is 12.8.